The molecule has 2 aromatic carbocycles. The van der Waals surface area contributed by atoms with Crippen LogP contribution in [0.3, 0.4) is 0 Å². The number of hydrogen-bond acceptors (Lipinski definition) is 3. The summed E-state index contributed by atoms with van der Waals surface area (Å²) in [5, 5.41) is 2.79. The molecule has 3 rings (SSSR count). The molecule has 0 radical (unpaired) electrons. The average Bonchev–Trinajstić information content (AvgIpc) is 2.54. The largest absolute Gasteiger partial charge is 0.308 e. The van der Waals surface area contributed by atoms with Crippen LogP contribution in [0.1, 0.15) is 6.92 Å². The Bertz CT molecular complexity index is 784. The number of rotatable bonds is 5. The fourth-order valence-corrected chi connectivity index (χ4v) is 3.96. The number of fused-ring (bicyclic) bond motifs is 1. The van der Waals surface area contributed by atoms with Crippen molar-refractivity contribution in [1.29, 1.82) is 0 Å². The van der Waals surface area contributed by atoms with Crippen LogP contribution in [0.5, 0.6) is 0 Å². The molecule has 1 unspecified atom stereocenters. The van der Waals surface area contributed by atoms with E-state index in [9.17, 15) is 0 Å². The summed E-state index contributed by atoms with van der Waals surface area (Å²) in [6, 6.07) is 21.2. The Morgan fingerprint density at radius 3 is 2.43 bits per heavy atom. The van der Waals surface area contributed by atoms with Crippen LogP contribution in [0.15, 0.2) is 65.7 Å². The Labute approximate surface area is 142 Å². The Balaban J connectivity index is 2.06. The maximum atomic E-state index is 4.94. The van der Waals surface area contributed by atoms with E-state index in [1.54, 1.807) is 0 Å². The van der Waals surface area contributed by atoms with Crippen molar-refractivity contribution in [3.63, 3.8) is 0 Å². The van der Waals surface area contributed by atoms with E-state index < -0.39 is 0 Å². The molecule has 0 saturated heterocycles. The molecule has 2 nitrogen and oxygen atoms in total. The van der Waals surface area contributed by atoms with Crippen molar-refractivity contribution in [1.82, 2.24) is 9.88 Å². The molecule has 0 aliphatic heterocycles. The second kappa shape index (κ2) is 7.16. The molecule has 118 valence electrons. The third-order valence-electron chi connectivity index (χ3n) is 3.71. The Morgan fingerprint density at radius 1 is 1.00 bits per heavy atom. The lowest BCUT2D eigenvalue weighted by atomic mass is 10.1. The van der Waals surface area contributed by atoms with Gasteiger partial charge in [-0.2, -0.15) is 0 Å². The van der Waals surface area contributed by atoms with Gasteiger partial charge in [-0.25, -0.2) is 4.98 Å². The number of thioether (sulfide) groups is 1. The highest BCUT2D eigenvalue weighted by atomic mass is 32.2. The van der Waals surface area contributed by atoms with E-state index >= 15 is 0 Å². The maximum Gasteiger partial charge on any atom is 0.105 e. The lowest BCUT2D eigenvalue weighted by Crippen LogP contribution is -2.21. The van der Waals surface area contributed by atoms with E-state index in [4.69, 9.17) is 4.98 Å². The fraction of sp³-hybridized carbons (Fsp3) is 0.250. The quantitative estimate of drug-likeness (QED) is 0.619. The number of aromatic nitrogens is 1. The van der Waals surface area contributed by atoms with Crippen LogP contribution in [0.2, 0.25) is 0 Å². The molecule has 0 fully saturated rings. The van der Waals surface area contributed by atoms with Gasteiger partial charge in [-0.15, -0.1) is 11.8 Å². The van der Waals surface area contributed by atoms with Gasteiger partial charge in [0.15, 0.2) is 0 Å². The van der Waals surface area contributed by atoms with Crippen LogP contribution in [-0.4, -0.2) is 35.8 Å². The topological polar surface area (TPSA) is 16.1 Å². The van der Waals surface area contributed by atoms with E-state index in [0.717, 1.165) is 17.1 Å². The van der Waals surface area contributed by atoms with Gasteiger partial charge < -0.3 is 4.90 Å². The number of hydrogen-bond donors (Lipinski definition) is 0. The minimum absolute atomic E-state index is 0.487. The molecule has 1 atom stereocenters. The third kappa shape index (κ3) is 3.92. The number of para-hydroxylation sites is 1. The molecule has 0 spiro atoms. The van der Waals surface area contributed by atoms with E-state index in [2.05, 4.69) is 86.6 Å². The highest BCUT2D eigenvalue weighted by molar-refractivity contribution is 8.00. The lowest BCUT2D eigenvalue weighted by Gasteiger charge is -2.18. The van der Waals surface area contributed by atoms with Crippen LogP contribution < -0.4 is 0 Å². The number of benzene rings is 2. The standard InChI is InChI=1S/C20H22N2S/c1-15(14-22(2)3)23-20-18(16-9-5-4-6-10-16)13-17-11-7-8-12-19(17)21-20/h4-13,15H,14H2,1-3H3. The van der Waals surface area contributed by atoms with Crippen molar-refractivity contribution in [3.05, 3.63) is 60.7 Å². The third-order valence-corrected chi connectivity index (χ3v) is 4.79. The van der Waals surface area contributed by atoms with Crippen molar-refractivity contribution >= 4 is 22.7 Å². The van der Waals surface area contributed by atoms with Crippen LogP contribution in [0.4, 0.5) is 0 Å². The van der Waals surface area contributed by atoms with Gasteiger partial charge in [0.2, 0.25) is 0 Å². The SMILES string of the molecule is CC(CN(C)C)Sc1nc2ccccc2cc1-c1ccccc1. The average molecular weight is 322 g/mol. The summed E-state index contributed by atoms with van der Waals surface area (Å²) in [5.41, 5.74) is 3.51. The summed E-state index contributed by atoms with van der Waals surface area (Å²) >= 11 is 1.86. The Hall–Kier alpha value is -1.84. The smallest absolute Gasteiger partial charge is 0.105 e. The van der Waals surface area contributed by atoms with E-state index in [1.807, 2.05) is 11.8 Å². The molecule has 1 heterocycles. The molecule has 23 heavy (non-hydrogen) atoms. The summed E-state index contributed by atoms with van der Waals surface area (Å²) in [5.74, 6) is 0. The normalized spacial score (nSPS) is 12.7. The molecular weight excluding hydrogens is 300 g/mol. The first-order valence-corrected chi connectivity index (χ1v) is 8.78. The molecule has 0 N–H and O–H groups in total. The highest BCUT2D eigenvalue weighted by Gasteiger charge is 2.13. The second-order valence-corrected chi connectivity index (χ2v) is 7.52. The van der Waals surface area contributed by atoms with Crippen molar-refractivity contribution in [2.24, 2.45) is 0 Å². The van der Waals surface area contributed by atoms with Crippen molar-refractivity contribution < 1.29 is 0 Å². The van der Waals surface area contributed by atoms with Crippen LogP contribution in [0, 0.1) is 0 Å². The zero-order chi connectivity index (χ0) is 16.2. The first kappa shape index (κ1) is 16.0. The molecule has 3 heteroatoms. The van der Waals surface area contributed by atoms with E-state index in [-0.39, 0.29) is 0 Å². The van der Waals surface area contributed by atoms with Gasteiger partial charge in [0.1, 0.15) is 5.03 Å². The van der Waals surface area contributed by atoms with Crippen LogP contribution in [-0.2, 0) is 0 Å². The van der Waals surface area contributed by atoms with Crippen LogP contribution >= 0.6 is 11.8 Å². The predicted octanol–water partition coefficient (Wildman–Crippen LogP) is 4.94. The molecule has 0 saturated carbocycles. The Kier molecular flexibility index (Phi) is 4.99. The predicted molar refractivity (Wildman–Crippen MR) is 101 cm³/mol. The molecule has 0 aliphatic carbocycles. The highest BCUT2D eigenvalue weighted by Crippen LogP contribution is 2.34. The maximum absolute atomic E-state index is 4.94. The first-order valence-electron chi connectivity index (χ1n) is 7.90. The van der Waals surface area contributed by atoms with Gasteiger partial charge in [0.25, 0.3) is 0 Å². The summed E-state index contributed by atoms with van der Waals surface area (Å²) in [4.78, 5) is 7.17. The van der Waals surface area contributed by atoms with Crippen LogP contribution in [0.25, 0.3) is 22.0 Å². The van der Waals surface area contributed by atoms with Gasteiger partial charge in [0, 0.05) is 22.7 Å². The van der Waals surface area contributed by atoms with Gasteiger partial charge in [-0.05, 0) is 31.8 Å². The van der Waals surface area contributed by atoms with Crippen molar-refractivity contribution in [3.8, 4) is 11.1 Å². The molecule has 0 aliphatic rings. The molecule has 0 bridgehead atoms. The molecule has 0 amide bonds. The zero-order valence-corrected chi connectivity index (χ0v) is 14.7. The summed E-state index contributed by atoms with van der Waals surface area (Å²) in [6.07, 6.45) is 0. The summed E-state index contributed by atoms with van der Waals surface area (Å²) in [6.45, 7) is 3.30. The monoisotopic (exact) mass is 322 g/mol. The summed E-state index contributed by atoms with van der Waals surface area (Å²) in [7, 11) is 4.23. The van der Waals surface area contributed by atoms with Gasteiger partial charge in [0.05, 0.1) is 5.52 Å². The number of nitrogens with zero attached hydrogens (tertiary/aromatic N) is 2. The lowest BCUT2D eigenvalue weighted by molar-refractivity contribution is 0.413. The zero-order valence-electron chi connectivity index (χ0n) is 13.9. The van der Waals surface area contributed by atoms with Crippen molar-refractivity contribution in [2.45, 2.75) is 17.2 Å². The molecular formula is C20H22N2S. The minimum Gasteiger partial charge on any atom is -0.308 e. The van der Waals surface area contributed by atoms with Gasteiger partial charge in [-0.1, -0.05) is 55.5 Å². The van der Waals surface area contributed by atoms with Gasteiger partial charge in [-0.3, -0.25) is 0 Å². The fourth-order valence-electron chi connectivity index (χ4n) is 2.75. The molecule has 3 aromatic rings. The first-order chi connectivity index (χ1) is 11.1. The number of pyridine rings is 1. The minimum atomic E-state index is 0.487. The molecule has 1 aromatic heterocycles. The van der Waals surface area contributed by atoms with Crippen molar-refractivity contribution in [2.75, 3.05) is 20.6 Å². The van der Waals surface area contributed by atoms with Gasteiger partial charge >= 0.3 is 0 Å². The Morgan fingerprint density at radius 2 is 1.70 bits per heavy atom. The second-order valence-electron chi connectivity index (χ2n) is 6.09. The van der Waals surface area contributed by atoms with E-state index in [1.165, 1.54) is 16.5 Å². The summed E-state index contributed by atoms with van der Waals surface area (Å²) < 4.78 is 0. The van der Waals surface area contributed by atoms with E-state index in [0.29, 0.717) is 5.25 Å².